The number of ether oxygens (including phenoxy) is 9. The number of halogens is 5. The van der Waals surface area contributed by atoms with Crippen molar-refractivity contribution < 1.29 is 120 Å². The van der Waals surface area contributed by atoms with Gasteiger partial charge in [0, 0.05) is 26.1 Å². The van der Waals surface area contributed by atoms with Gasteiger partial charge in [-0.25, -0.2) is 44.5 Å². The zero-order chi connectivity index (χ0) is 87.9. The van der Waals surface area contributed by atoms with Gasteiger partial charge in [-0.15, -0.1) is 11.6 Å². The molecule has 0 spiro atoms. The molecule has 37 heteroatoms. The van der Waals surface area contributed by atoms with Crippen LogP contribution in [0.5, 0.6) is 35.3 Å². The fourth-order valence-corrected chi connectivity index (χ4v) is 13.6. The quantitative estimate of drug-likeness (QED) is 0.0226. The number of aromatic nitrogens is 6. The number of carboxylic acids is 1. The van der Waals surface area contributed by atoms with E-state index in [4.69, 9.17) is 106 Å². The number of benzene rings is 3. The molecular weight excluding hydrogens is 1700 g/mol. The number of furan rings is 3. The Bertz CT molecular complexity index is 4690. The summed E-state index contributed by atoms with van der Waals surface area (Å²) >= 11 is 9.20. The molecule has 7 heterocycles. The Hall–Kier alpha value is -8.55. The average Bonchev–Trinajstić information content (AvgIpc) is 1.29. The zero-order valence-electron chi connectivity index (χ0n) is 71.6. The molecule has 0 radical (unpaired) electrons. The van der Waals surface area contributed by atoms with Gasteiger partial charge in [-0.3, -0.25) is 20.2 Å². The van der Waals surface area contributed by atoms with Crippen molar-refractivity contribution in [1.29, 1.82) is 0 Å². The molecule has 0 bridgehead atoms. The van der Waals surface area contributed by atoms with Crippen molar-refractivity contribution in [3.05, 3.63) is 212 Å². The molecule has 1 saturated heterocycles. The first-order valence-corrected chi connectivity index (χ1v) is 43.6. The van der Waals surface area contributed by atoms with Gasteiger partial charge in [0.05, 0.1) is 72.6 Å². The molecule has 1 fully saturated rings. The number of nitrogen functional groups attached to an aromatic ring is 1. The Balaban J connectivity index is 0.000000475. The van der Waals surface area contributed by atoms with E-state index in [-0.39, 0.29) is 111 Å². The Morgan fingerprint density at radius 3 is 1.16 bits per heavy atom. The second kappa shape index (κ2) is 52.2. The number of rotatable bonds is 16. The van der Waals surface area contributed by atoms with Gasteiger partial charge < -0.3 is 72.2 Å². The van der Waals surface area contributed by atoms with Crippen molar-refractivity contribution in [2.75, 3.05) is 75.8 Å². The molecule has 0 amide bonds. The molecule has 9 aromatic rings. The normalized spacial score (nSPS) is 13.4. The Labute approximate surface area is 756 Å². The number of nitrogens with zero attached hydrogens (tertiary/aromatic N) is 8. The van der Waals surface area contributed by atoms with E-state index in [0.717, 1.165) is 25.4 Å². The van der Waals surface area contributed by atoms with E-state index in [1.165, 1.54) is 183 Å². The minimum absolute atomic E-state index is 0. The molecule has 4 aliphatic rings. The summed E-state index contributed by atoms with van der Waals surface area (Å²) in [6.45, 7) is 25.8. The van der Waals surface area contributed by atoms with Crippen molar-refractivity contribution in [2.24, 2.45) is 0 Å². The van der Waals surface area contributed by atoms with Gasteiger partial charge in [-0.1, -0.05) is 97.0 Å². The zero-order valence-corrected chi connectivity index (χ0v) is 78.5. The molecule has 0 unspecified atom stereocenters. The van der Waals surface area contributed by atoms with E-state index in [1.54, 1.807) is 43.2 Å². The van der Waals surface area contributed by atoms with Crippen LogP contribution in [0.25, 0.3) is 0 Å². The van der Waals surface area contributed by atoms with Crippen LogP contribution in [0.4, 0.5) is 17.1 Å². The van der Waals surface area contributed by atoms with Crippen LogP contribution in [-0.2, 0) is 68.4 Å². The minimum Gasteiger partial charge on any atom is -0.870 e. The number of methoxy groups -OCH3 is 8. The van der Waals surface area contributed by atoms with E-state index >= 15 is 0 Å². The van der Waals surface area contributed by atoms with Crippen molar-refractivity contribution in [1.82, 2.24) is 29.9 Å². The molecule has 4 N–H and O–H groups in total. The van der Waals surface area contributed by atoms with Gasteiger partial charge in [-0.05, 0) is 225 Å². The number of fused-ring (bicyclic) bond motifs is 3. The number of anilines is 1. The van der Waals surface area contributed by atoms with Gasteiger partial charge in [0.1, 0.15) is 28.9 Å². The Kier molecular flexibility index (Phi) is 46.8. The first-order chi connectivity index (χ1) is 55.7. The summed E-state index contributed by atoms with van der Waals surface area (Å²) in [5, 5.41) is 30.0. The number of hydrogen-bond acceptors (Lipinski definition) is 27. The molecule has 1 aliphatic heterocycles. The number of hydrogen-bond donors (Lipinski definition) is 2. The maximum Gasteiger partial charge on any atom is 1.00 e. The van der Waals surface area contributed by atoms with Gasteiger partial charge in [0.25, 0.3) is 0 Å². The largest absolute Gasteiger partial charge is 1.00 e. The van der Waals surface area contributed by atoms with Crippen LogP contribution in [0.3, 0.4) is 0 Å². The van der Waals surface area contributed by atoms with Crippen molar-refractivity contribution in [3.63, 3.8) is 0 Å². The number of aromatic carboxylic acids is 1. The molecule has 0 atom stereocenters. The van der Waals surface area contributed by atoms with Crippen LogP contribution in [-0.4, -0.2) is 150 Å². The van der Waals surface area contributed by atoms with Crippen molar-refractivity contribution in [2.45, 2.75) is 189 Å². The molecule has 6 aromatic heterocycles. The summed E-state index contributed by atoms with van der Waals surface area (Å²) < 4.78 is 58.7. The summed E-state index contributed by atoms with van der Waals surface area (Å²) in [7, 11) is 25.6. The number of aryl methyl sites for hydroxylation is 8. The topological polar surface area (TPSA) is 414 Å². The molecule has 0 saturated carbocycles. The standard InChI is InChI=1S/C20H24O3.C19H22O3.C13H18.C7H7ClO3.C7H9N3O4.C7H11N3O2.C6H6ClN3O4.C4H8O.CH4.Al.3ClH.Na.H2O/c1-13-10-14-6-5-9-20(2,3)17(14)12-15(13)11-16-7-8-18(23-16)19(21)22-4;1-12-9-13-5-4-8-19(2,3)16(13)11-14(12)10-15-6-7-17(22-15)18(20)21;1-10-6-7-12-11(9-10)5-4-8-13(12,2)3;1-10-7(9)6-3-2-5(4-8)11-6;1-4-8-6(13-2)5(10(11)12)7(9-4)14-3;1-4-9-6(11-2)5(8)7(10-4)12-3;1-13-4-3(10(11)12)5(14-2)9-6(7)8-4;1-2-4-5-3-1;;;;;;;/h7-8,10,12H,5-6,9,11H2,1-4H3;6-7,9,11H,4-5,8,10H2,1-3H3,(H,20,21);6-7,9H,4-5,8H2,1-3H3;2-3H,4H2,1H3;1-3H3;8H2,1-3H3;1-2H3;1-4H2;1H4;;3*1H;;1H2/q;;;;;;;;;+3;;;;+1;/p-4. The molecular formula is C84H110AlCl5N9NaO21. The summed E-state index contributed by atoms with van der Waals surface area (Å²) in [5.74, 6) is 1.79. The predicted molar refractivity (Wildman–Crippen MR) is 462 cm³/mol. The summed E-state index contributed by atoms with van der Waals surface area (Å²) in [4.78, 5) is 75.6. The third-order valence-corrected chi connectivity index (χ3v) is 19.6. The molecule has 30 nitrogen and oxygen atoms in total. The van der Waals surface area contributed by atoms with Gasteiger partial charge >= 0.3 is 93.7 Å². The van der Waals surface area contributed by atoms with Crippen LogP contribution >= 0.6 is 53.3 Å². The number of nitro groups is 2. The van der Waals surface area contributed by atoms with Crippen molar-refractivity contribution >= 4 is 99.7 Å². The third-order valence-electron chi connectivity index (χ3n) is 19.2. The monoisotopic (exact) mass is 1810 g/mol. The Morgan fingerprint density at radius 2 is 0.835 bits per heavy atom. The van der Waals surface area contributed by atoms with E-state index in [0.29, 0.717) is 58.9 Å². The van der Waals surface area contributed by atoms with Gasteiger partial charge in [-0.2, -0.15) is 29.9 Å². The number of alkyl halides is 1. The fraction of sp³-hybridized carbons (Fsp3) is 0.464. The molecule has 13 rings (SSSR count). The predicted octanol–water partition coefficient (Wildman–Crippen LogP) is 16.6. The number of carboxylic acid groups (broad SMARTS) is 1. The van der Waals surface area contributed by atoms with Gasteiger partial charge in [0.2, 0.25) is 34.3 Å². The summed E-state index contributed by atoms with van der Waals surface area (Å²) in [6, 6.07) is 26.2. The number of esters is 2. The van der Waals surface area contributed by atoms with Gasteiger partial charge in [0.15, 0.2) is 5.69 Å². The summed E-state index contributed by atoms with van der Waals surface area (Å²) in [5.41, 5.74) is 21.4. The van der Waals surface area contributed by atoms with E-state index < -0.39 is 44.8 Å². The molecule has 3 aliphatic carbocycles. The van der Waals surface area contributed by atoms with Crippen LogP contribution in [0.15, 0.2) is 92.1 Å². The molecule has 656 valence electrons. The maximum atomic E-state index is 11.5. The minimum atomic E-state index is -1.72. The second-order valence-corrected chi connectivity index (χ2v) is 36.1. The first kappa shape index (κ1) is 109. The molecule has 121 heavy (non-hydrogen) atoms. The number of carbonyl (C=O) groups excluding carboxylic acids is 2. The number of nitrogens with two attached hydrogens (primary N) is 1. The van der Waals surface area contributed by atoms with Crippen LogP contribution in [0.2, 0.25) is 5.28 Å². The van der Waals surface area contributed by atoms with E-state index in [1.807, 2.05) is 6.07 Å². The van der Waals surface area contributed by atoms with Crippen LogP contribution in [0, 0.1) is 54.8 Å². The third kappa shape index (κ3) is 32.9. The SMILES string of the molecule is C.C1CCOC1.COC(=O)c1ccc(CCl)o1.COC(=O)c1ccc(Cc2cc3c(cc2C)CCCC3(C)C)o1.COc1nc(C)nc(OC)c1N.COc1nc(C)nc(OC)c1[N+](=O)[O-].COc1nc(Cl)nc(OC)c1[N+](=O)[O-].Cc1cc2c(cc1Cc1ccc(C(=O)O)o1)C(C)(C)CCC2.Cc1ccc2c(c1)CCCC2(C)C.[Cl][Al]([Cl])[Cl].[Na+].[OH-]. The van der Waals surface area contributed by atoms with Crippen molar-refractivity contribution in [3.8, 4) is 35.3 Å². The van der Waals surface area contributed by atoms with Crippen LogP contribution < -0.4 is 63.7 Å². The van der Waals surface area contributed by atoms with E-state index in [9.17, 15) is 34.6 Å². The Morgan fingerprint density at radius 1 is 0.504 bits per heavy atom. The second-order valence-electron chi connectivity index (χ2n) is 29.1. The molecule has 3 aromatic carbocycles. The van der Waals surface area contributed by atoms with E-state index in [2.05, 4.69) is 149 Å². The average molecular weight is 1810 g/mol. The fourth-order valence-electron chi connectivity index (χ4n) is 13.3. The van der Waals surface area contributed by atoms with Crippen LogP contribution in [0.1, 0.15) is 222 Å². The number of carbonyl (C=O) groups is 3. The first-order valence-electron chi connectivity index (χ1n) is 37.5. The smallest absolute Gasteiger partial charge is 0.870 e. The maximum absolute atomic E-state index is 11.5. The summed E-state index contributed by atoms with van der Waals surface area (Å²) in [6.07, 6.45) is 15.2.